The van der Waals surface area contributed by atoms with Gasteiger partial charge in [0.25, 0.3) is 10.0 Å². The fraction of sp³-hybridized carbons (Fsp3) is 0.409. The molecule has 0 spiro atoms. The van der Waals surface area contributed by atoms with Crippen LogP contribution >= 0.6 is 0 Å². The van der Waals surface area contributed by atoms with Gasteiger partial charge in [0.1, 0.15) is 0 Å². The summed E-state index contributed by atoms with van der Waals surface area (Å²) in [5, 5.41) is 13.0. The molecule has 7 nitrogen and oxygen atoms in total. The van der Waals surface area contributed by atoms with Crippen LogP contribution in [0.1, 0.15) is 54.5 Å². The van der Waals surface area contributed by atoms with E-state index in [1.807, 2.05) is 0 Å². The van der Waals surface area contributed by atoms with Gasteiger partial charge in [-0.05, 0) is 97.8 Å². The van der Waals surface area contributed by atoms with Crippen LogP contribution in [0.15, 0.2) is 29.2 Å². The number of nitrogens with one attached hydrogen (secondary N) is 2. The molecule has 2 amide bonds. The van der Waals surface area contributed by atoms with Crippen LogP contribution in [0.3, 0.4) is 0 Å². The molecule has 0 fully saturated rings. The maximum absolute atomic E-state index is 12.9. The predicted octanol–water partition coefficient (Wildman–Crippen LogP) is 2.13. The predicted molar refractivity (Wildman–Crippen MR) is 118 cm³/mol. The van der Waals surface area contributed by atoms with E-state index in [0.717, 1.165) is 60.9 Å². The van der Waals surface area contributed by atoms with Gasteiger partial charge in [0.15, 0.2) is 0 Å². The van der Waals surface area contributed by atoms with E-state index in [9.17, 15) is 18.2 Å². The highest BCUT2D eigenvalue weighted by molar-refractivity contribution is 7.90. The number of carbonyl (C=O) groups excluding carboxylic acids is 1. The van der Waals surface area contributed by atoms with Crippen molar-refractivity contribution in [2.75, 3.05) is 5.32 Å². The molecule has 3 aliphatic rings. The van der Waals surface area contributed by atoms with Crippen molar-refractivity contribution >= 4 is 34.3 Å². The first kappa shape index (κ1) is 20.5. The maximum Gasteiger partial charge on any atom is 0.492 e. The summed E-state index contributed by atoms with van der Waals surface area (Å²) in [6.45, 7) is 3.61. The SMILES string of the molecule is CC1(C)OB(O)c2cc(S(=O)(=O)NC(=O)Nc3c4c(cc5c3CCC5)CCC4)ccc21. The van der Waals surface area contributed by atoms with E-state index in [2.05, 4.69) is 16.1 Å². The average Bonchev–Trinajstić information content (AvgIpc) is 3.39. The van der Waals surface area contributed by atoms with Crippen molar-refractivity contribution < 1.29 is 22.9 Å². The minimum absolute atomic E-state index is 0.0923. The Labute approximate surface area is 182 Å². The van der Waals surface area contributed by atoms with Gasteiger partial charge in [-0.25, -0.2) is 17.9 Å². The lowest BCUT2D eigenvalue weighted by Gasteiger charge is -2.19. The summed E-state index contributed by atoms with van der Waals surface area (Å²) in [5.41, 5.74) is 5.97. The Morgan fingerprint density at radius 1 is 1.06 bits per heavy atom. The summed E-state index contributed by atoms with van der Waals surface area (Å²) in [4.78, 5) is 12.6. The van der Waals surface area contributed by atoms with Gasteiger partial charge >= 0.3 is 13.1 Å². The van der Waals surface area contributed by atoms with Gasteiger partial charge in [-0.2, -0.15) is 0 Å². The van der Waals surface area contributed by atoms with Crippen LogP contribution in [-0.2, 0) is 46.0 Å². The second-order valence-electron chi connectivity index (χ2n) is 9.02. The molecule has 1 aliphatic heterocycles. The molecule has 0 unspecified atom stereocenters. The van der Waals surface area contributed by atoms with E-state index in [1.54, 1.807) is 19.9 Å². The Morgan fingerprint density at radius 3 is 2.35 bits per heavy atom. The largest absolute Gasteiger partial charge is 0.492 e. The second-order valence-corrected chi connectivity index (χ2v) is 10.7. The Bertz CT molecular complexity index is 1180. The van der Waals surface area contributed by atoms with Crippen LogP contribution in [0.5, 0.6) is 0 Å². The van der Waals surface area contributed by atoms with Crippen molar-refractivity contribution in [1.82, 2.24) is 4.72 Å². The van der Waals surface area contributed by atoms with Crippen molar-refractivity contribution in [3.63, 3.8) is 0 Å². The lowest BCUT2D eigenvalue weighted by Crippen LogP contribution is -2.36. The molecule has 0 saturated heterocycles. The van der Waals surface area contributed by atoms with Crippen molar-refractivity contribution in [1.29, 1.82) is 0 Å². The lowest BCUT2D eigenvalue weighted by molar-refractivity contribution is 0.101. The van der Waals surface area contributed by atoms with Crippen LogP contribution in [-0.4, -0.2) is 26.6 Å². The normalized spacial score (nSPS) is 18.5. The number of rotatable bonds is 3. The van der Waals surface area contributed by atoms with Crippen LogP contribution in [0, 0.1) is 0 Å². The monoisotopic (exact) mass is 440 g/mol. The number of aryl methyl sites for hydroxylation is 2. The first-order chi connectivity index (χ1) is 14.7. The fourth-order valence-electron chi connectivity index (χ4n) is 5.15. The molecule has 0 atom stereocenters. The molecule has 0 aromatic heterocycles. The Kier molecular flexibility index (Phi) is 4.69. The van der Waals surface area contributed by atoms with Crippen molar-refractivity contribution in [3.8, 4) is 0 Å². The summed E-state index contributed by atoms with van der Waals surface area (Å²) >= 11 is 0. The van der Waals surface area contributed by atoms with Crippen molar-refractivity contribution in [3.05, 3.63) is 52.1 Å². The number of hydrogen-bond acceptors (Lipinski definition) is 5. The Balaban J connectivity index is 1.40. The van der Waals surface area contributed by atoms with Gasteiger partial charge in [-0.1, -0.05) is 12.1 Å². The van der Waals surface area contributed by atoms with Crippen LogP contribution in [0.2, 0.25) is 0 Å². The van der Waals surface area contributed by atoms with E-state index in [-0.39, 0.29) is 4.90 Å². The highest BCUT2D eigenvalue weighted by Gasteiger charge is 2.41. The molecule has 0 saturated carbocycles. The summed E-state index contributed by atoms with van der Waals surface area (Å²) in [7, 11) is -5.32. The number of benzene rings is 2. The third kappa shape index (κ3) is 3.45. The number of urea groups is 1. The molecule has 0 bridgehead atoms. The van der Waals surface area contributed by atoms with Gasteiger partial charge in [0.2, 0.25) is 0 Å². The minimum Gasteiger partial charge on any atom is -0.423 e. The molecule has 2 aliphatic carbocycles. The van der Waals surface area contributed by atoms with E-state index in [4.69, 9.17) is 4.65 Å². The molecule has 2 aromatic carbocycles. The molecule has 31 heavy (non-hydrogen) atoms. The highest BCUT2D eigenvalue weighted by atomic mass is 32.2. The summed E-state index contributed by atoms with van der Waals surface area (Å²) in [5.74, 6) is 0. The Hall–Kier alpha value is -2.36. The molecule has 2 aromatic rings. The molecule has 0 radical (unpaired) electrons. The van der Waals surface area contributed by atoms with Crippen molar-refractivity contribution in [2.45, 2.75) is 62.9 Å². The number of sulfonamides is 1. The summed E-state index contributed by atoms with van der Waals surface area (Å²) in [6.07, 6.45) is 5.86. The molecule has 5 rings (SSSR count). The number of amides is 2. The van der Waals surface area contributed by atoms with Crippen molar-refractivity contribution in [2.24, 2.45) is 0 Å². The molecule has 1 heterocycles. The molecule has 9 heteroatoms. The average molecular weight is 440 g/mol. The zero-order valence-corrected chi connectivity index (χ0v) is 18.4. The molecular formula is C22H25BN2O5S. The Morgan fingerprint density at radius 2 is 1.71 bits per heavy atom. The van der Waals surface area contributed by atoms with Crippen LogP contribution in [0.25, 0.3) is 0 Å². The topological polar surface area (TPSA) is 105 Å². The fourth-order valence-corrected chi connectivity index (χ4v) is 6.10. The zero-order valence-electron chi connectivity index (χ0n) is 17.6. The zero-order chi connectivity index (χ0) is 22.0. The van der Waals surface area contributed by atoms with Crippen LogP contribution in [0.4, 0.5) is 10.5 Å². The number of anilines is 1. The third-order valence-corrected chi connectivity index (χ3v) is 7.92. The number of carbonyl (C=O) groups is 1. The smallest absolute Gasteiger partial charge is 0.423 e. The van der Waals surface area contributed by atoms with E-state index in [1.165, 1.54) is 23.3 Å². The van der Waals surface area contributed by atoms with Gasteiger partial charge in [0, 0.05) is 5.69 Å². The summed E-state index contributed by atoms with van der Waals surface area (Å²) in [6, 6.07) is 5.89. The highest BCUT2D eigenvalue weighted by Crippen LogP contribution is 2.38. The third-order valence-electron chi connectivity index (χ3n) is 6.59. The van der Waals surface area contributed by atoms with E-state index < -0.39 is 28.8 Å². The van der Waals surface area contributed by atoms with E-state index >= 15 is 0 Å². The molecule has 3 N–H and O–H groups in total. The quantitative estimate of drug-likeness (QED) is 0.635. The standard InChI is InChI=1S/C22H25BN2O5S/c1-22(2)18-10-9-15(12-19(18)23(27)30-22)31(28,29)25-21(26)24-20-16-7-3-5-13(16)11-14-6-4-8-17(14)20/h9-12,27H,3-8H2,1-2H3,(H2,24,25,26). The van der Waals surface area contributed by atoms with Gasteiger partial charge in [-0.15, -0.1) is 0 Å². The maximum atomic E-state index is 12.9. The van der Waals surface area contributed by atoms with E-state index in [0.29, 0.717) is 5.46 Å². The van der Waals surface area contributed by atoms with Crippen LogP contribution < -0.4 is 15.5 Å². The minimum atomic E-state index is -4.12. The summed E-state index contributed by atoms with van der Waals surface area (Å²) < 4.78 is 33.4. The van der Waals surface area contributed by atoms with Gasteiger partial charge in [0.05, 0.1) is 10.5 Å². The van der Waals surface area contributed by atoms with Gasteiger partial charge < -0.3 is 15.0 Å². The second kappa shape index (κ2) is 7.08. The van der Waals surface area contributed by atoms with Gasteiger partial charge in [-0.3, -0.25) is 0 Å². The number of fused-ring (bicyclic) bond motifs is 3. The molecular weight excluding hydrogens is 415 g/mol. The number of hydrogen-bond donors (Lipinski definition) is 3. The first-order valence-electron chi connectivity index (χ1n) is 10.7. The first-order valence-corrected chi connectivity index (χ1v) is 12.1. The molecule has 162 valence electrons. The lowest BCUT2D eigenvalue weighted by atomic mass is 9.78.